The van der Waals surface area contributed by atoms with Gasteiger partial charge >= 0.3 is 6.09 Å². The zero-order valence-electron chi connectivity index (χ0n) is 16.7. The van der Waals surface area contributed by atoms with E-state index in [2.05, 4.69) is 30.8 Å². The Hall–Kier alpha value is -4.35. The molecule has 0 spiro atoms. The van der Waals surface area contributed by atoms with E-state index in [0.29, 0.717) is 31.1 Å². The molecule has 0 N–H and O–H groups in total. The van der Waals surface area contributed by atoms with Gasteiger partial charge in [-0.05, 0) is 34.2 Å². The first-order valence-electron chi connectivity index (χ1n) is 10.0. The maximum atomic E-state index is 12.6. The summed E-state index contributed by atoms with van der Waals surface area (Å²) < 4.78 is 14.9. The van der Waals surface area contributed by atoms with Gasteiger partial charge in [-0.15, -0.1) is 10.2 Å². The van der Waals surface area contributed by atoms with Crippen LogP contribution in [0.5, 0.6) is 5.75 Å². The van der Waals surface area contributed by atoms with E-state index in [1.165, 1.54) is 0 Å². The van der Waals surface area contributed by atoms with Gasteiger partial charge in [0.25, 0.3) is 0 Å². The lowest BCUT2D eigenvalue weighted by atomic mass is 10.0. The number of nitrogens with zero attached hydrogens (tertiary/aromatic N) is 9. The molecule has 0 unspecified atom stereocenters. The molecule has 12 heteroatoms. The van der Waals surface area contributed by atoms with Gasteiger partial charge in [0.1, 0.15) is 30.8 Å². The fourth-order valence-corrected chi connectivity index (χ4v) is 3.99. The van der Waals surface area contributed by atoms with Crippen LogP contribution in [0.4, 0.5) is 10.5 Å². The number of rotatable bonds is 5. The van der Waals surface area contributed by atoms with Crippen molar-refractivity contribution in [1.82, 2.24) is 40.2 Å². The maximum Gasteiger partial charge on any atom is 0.415 e. The van der Waals surface area contributed by atoms with E-state index in [-0.39, 0.29) is 18.2 Å². The molecule has 2 atom stereocenters. The molecule has 12 nitrogen and oxygen atoms in total. The van der Waals surface area contributed by atoms with Gasteiger partial charge < -0.3 is 9.47 Å². The molecular formula is C20H17N9O3. The van der Waals surface area contributed by atoms with Gasteiger partial charge in [0.05, 0.1) is 30.7 Å². The Labute approximate surface area is 181 Å². The van der Waals surface area contributed by atoms with Gasteiger partial charge in [-0.1, -0.05) is 17.3 Å². The summed E-state index contributed by atoms with van der Waals surface area (Å²) in [6, 6.07) is 9.43. The van der Waals surface area contributed by atoms with Crippen LogP contribution >= 0.6 is 0 Å². The van der Waals surface area contributed by atoms with Crippen molar-refractivity contribution < 1.29 is 14.3 Å². The summed E-state index contributed by atoms with van der Waals surface area (Å²) in [7, 11) is 0. The number of ether oxygens (including phenoxy) is 2. The zero-order valence-corrected chi connectivity index (χ0v) is 16.7. The molecule has 2 aliphatic heterocycles. The molecule has 2 aliphatic rings. The number of benzene rings is 1. The highest BCUT2D eigenvalue weighted by Crippen LogP contribution is 2.41. The monoisotopic (exact) mass is 431 g/mol. The predicted octanol–water partition coefficient (Wildman–Crippen LogP) is 1.16. The van der Waals surface area contributed by atoms with E-state index >= 15 is 0 Å². The fraction of sp³-hybridized carbons (Fsp3) is 0.250. The first-order valence-corrected chi connectivity index (χ1v) is 10.0. The molecule has 0 bridgehead atoms. The number of cyclic esters (lactones) is 1. The van der Waals surface area contributed by atoms with Crippen molar-refractivity contribution in [2.24, 2.45) is 0 Å². The number of aromatic nitrogens is 8. The van der Waals surface area contributed by atoms with Gasteiger partial charge in [-0.2, -0.15) is 0 Å². The van der Waals surface area contributed by atoms with Crippen LogP contribution in [-0.2, 0) is 17.8 Å². The Morgan fingerprint density at radius 2 is 2.00 bits per heavy atom. The summed E-state index contributed by atoms with van der Waals surface area (Å²) in [6.07, 6.45) is 5.92. The van der Waals surface area contributed by atoms with Gasteiger partial charge in [-0.25, -0.2) is 14.2 Å². The standard InChI is InChI=1S/C20H17N9O3/c30-20-29-16-4-2-13(14-1-3-15(21-8-14)9-28-12-23-24-26-28)7-18(16)31-11-17(29)19(32-20)10-27-6-5-22-25-27/h1-8,12,17,19H,9-11H2/t17-,19-/m0/s1. The van der Waals surface area contributed by atoms with Crippen LogP contribution in [0.2, 0.25) is 0 Å². The summed E-state index contributed by atoms with van der Waals surface area (Å²) in [4.78, 5) is 18.8. The van der Waals surface area contributed by atoms with E-state index in [0.717, 1.165) is 16.8 Å². The molecule has 1 fully saturated rings. The Morgan fingerprint density at radius 3 is 2.78 bits per heavy atom. The summed E-state index contributed by atoms with van der Waals surface area (Å²) >= 11 is 0. The normalized spacial score (nSPS) is 19.2. The van der Waals surface area contributed by atoms with Crippen LogP contribution in [0.1, 0.15) is 5.69 Å². The van der Waals surface area contributed by atoms with Crippen molar-refractivity contribution in [2.75, 3.05) is 11.5 Å². The molecule has 0 radical (unpaired) electrons. The maximum absolute atomic E-state index is 12.6. The highest BCUT2D eigenvalue weighted by atomic mass is 16.6. The molecule has 1 amide bonds. The number of fused-ring (bicyclic) bond motifs is 3. The third kappa shape index (κ3) is 3.21. The lowest BCUT2D eigenvalue weighted by Crippen LogP contribution is -2.45. The predicted molar refractivity (Wildman–Crippen MR) is 109 cm³/mol. The molecule has 6 rings (SSSR count). The number of carbonyl (C=O) groups is 1. The third-order valence-corrected chi connectivity index (χ3v) is 5.55. The molecule has 0 saturated carbocycles. The first kappa shape index (κ1) is 18.4. The third-order valence-electron chi connectivity index (χ3n) is 5.55. The van der Waals surface area contributed by atoms with Crippen LogP contribution in [0, 0.1) is 0 Å². The molecule has 5 heterocycles. The van der Waals surface area contributed by atoms with Gasteiger partial charge in [0.2, 0.25) is 0 Å². The summed E-state index contributed by atoms with van der Waals surface area (Å²) in [5, 5.41) is 18.8. The molecule has 1 saturated heterocycles. The number of tetrazole rings is 1. The summed E-state index contributed by atoms with van der Waals surface area (Å²) in [6.45, 7) is 1.26. The van der Waals surface area contributed by atoms with Crippen LogP contribution in [0.15, 0.2) is 55.2 Å². The fourth-order valence-electron chi connectivity index (χ4n) is 3.99. The van der Waals surface area contributed by atoms with Gasteiger partial charge in [0, 0.05) is 18.0 Å². The van der Waals surface area contributed by atoms with Crippen molar-refractivity contribution >= 4 is 11.8 Å². The molecule has 1 aromatic carbocycles. The Morgan fingerprint density at radius 1 is 1.06 bits per heavy atom. The van der Waals surface area contributed by atoms with Crippen molar-refractivity contribution in [3.8, 4) is 16.9 Å². The molecule has 4 aromatic rings. The van der Waals surface area contributed by atoms with E-state index < -0.39 is 0 Å². The van der Waals surface area contributed by atoms with E-state index in [4.69, 9.17) is 9.47 Å². The number of hydrogen-bond acceptors (Lipinski definition) is 9. The number of amides is 1. The first-order chi connectivity index (χ1) is 15.7. The Bertz CT molecular complexity index is 1240. The number of anilines is 1. The average Bonchev–Trinajstić information content (AvgIpc) is 3.57. The van der Waals surface area contributed by atoms with Crippen molar-refractivity contribution in [3.63, 3.8) is 0 Å². The number of carbonyl (C=O) groups excluding carboxylic acids is 1. The lowest BCUT2D eigenvalue weighted by Gasteiger charge is -2.31. The molecule has 160 valence electrons. The minimum absolute atomic E-state index is 0.225. The van der Waals surface area contributed by atoms with E-state index in [1.807, 2.05) is 30.3 Å². The number of hydrogen-bond donors (Lipinski definition) is 0. The zero-order chi connectivity index (χ0) is 21.5. The molecule has 0 aliphatic carbocycles. The van der Waals surface area contributed by atoms with Crippen molar-refractivity contribution in [3.05, 3.63) is 60.9 Å². The van der Waals surface area contributed by atoms with E-state index in [1.54, 1.807) is 39.2 Å². The summed E-state index contributed by atoms with van der Waals surface area (Å²) in [5.74, 6) is 0.634. The highest BCUT2D eigenvalue weighted by Gasteiger charge is 2.46. The van der Waals surface area contributed by atoms with Crippen LogP contribution in [0.25, 0.3) is 11.1 Å². The topological polar surface area (TPSA) is 126 Å². The Kier molecular flexibility index (Phi) is 4.26. The highest BCUT2D eigenvalue weighted by molar-refractivity contribution is 5.94. The van der Waals surface area contributed by atoms with Gasteiger partial charge in [0.15, 0.2) is 0 Å². The largest absolute Gasteiger partial charge is 0.489 e. The van der Waals surface area contributed by atoms with E-state index in [9.17, 15) is 4.79 Å². The van der Waals surface area contributed by atoms with Crippen LogP contribution in [0.3, 0.4) is 0 Å². The Balaban J connectivity index is 1.22. The van der Waals surface area contributed by atoms with Crippen molar-refractivity contribution in [2.45, 2.75) is 25.2 Å². The van der Waals surface area contributed by atoms with Crippen LogP contribution in [-0.4, -0.2) is 65.0 Å². The summed E-state index contributed by atoms with van der Waals surface area (Å²) in [5.41, 5.74) is 3.41. The average molecular weight is 431 g/mol. The van der Waals surface area contributed by atoms with Crippen LogP contribution < -0.4 is 9.64 Å². The second-order valence-electron chi connectivity index (χ2n) is 7.52. The quantitative estimate of drug-likeness (QED) is 0.457. The second-order valence-corrected chi connectivity index (χ2v) is 7.52. The van der Waals surface area contributed by atoms with Crippen molar-refractivity contribution in [1.29, 1.82) is 0 Å². The second kappa shape index (κ2) is 7.41. The minimum atomic E-state index is -0.383. The number of pyridine rings is 1. The smallest absolute Gasteiger partial charge is 0.415 e. The molecular weight excluding hydrogens is 414 g/mol. The lowest BCUT2D eigenvalue weighted by molar-refractivity contribution is 0.106. The van der Waals surface area contributed by atoms with Gasteiger partial charge in [-0.3, -0.25) is 9.88 Å². The molecule has 3 aromatic heterocycles. The molecule has 32 heavy (non-hydrogen) atoms. The SMILES string of the molecule is O=C1O[C@@H](Cn2ccnn2)[C@@H]2COc3cc(-c4ccc(Cn5cnnn5)nc4)ccc3N12. The minimum Gasteiger partial charge on any atom is -0.489 e.